The van der Waals surface area contributed by atoms with Crippen LogP contribution in [0, 0.1) is 0 Å². The molecule has 6 heteroatoms. The number of quaternary nitrogens is 1. The number of nitrogens with zero attached hydrogens (tertiary/aromatic N) is 1. The minimum absolute atomic E-state index is 0.110. The van der Waals surface area contributed by atoms with Gasteiger partial charge in [0.25, 0.3) is 0 Å². The van der Waals surface area contributed by atoms with E-state index in [1.54, 1.807) is 0 Å². The highest BCUT2D eigenvalue weighted by molar-refractivity contribution is 5.96. The molecule has 1 atom stereocenters. The van der Waals surface area contributed by atoms with Crippen LogP contribution in [0.4, 0.5) is 4.79 Å². The summed E-state index contributed by atoms with van der Waals surface area (Å²) in [4.78, 5) is 26.1. The molecule has 1 aliphatic rings. The van der Waals surface area contributed by atoms with Crippen molar-refractivity contribution in [2.24, 2.45) is 0 Å². The van der Waals surface area contributed by atoms with Crippen LogP contribution in [0.3, 0.4) is 0 Å². The average Bonchev–Trinajstić information content (AvgIpc) is 2.89. The second-order valence-electron chi connectivity index (χ2n) is 5.95. The maximum Gasteiger partial charge on any atom is 0.328 e. The first kappa shape index (κ1) is 15.6. The summed E-state index contributed by atoms with van der Waals surface area (Å²) in [6, 6.07) is 7.68. The van der Waals surface area contributed by atoms with Crippen molar-refractivity contribution >= 4 is 22.9 Å². The molecular weight excluding hydrogens is 294 g/mol. The number of amides is 3. The van der Waals surface area contributed by atoms with Crippen molar-refractivity contribution in [3.63, 3.8) is 0 Å². The largest absolute Gasteiger partial charge is 0.461 e. The van der Waals surface area contributed by atoms with Crippen molar-refractivity contribution in [2.45, 2.75) is 26.3 Å². The van der Waals surface area contributed by atoms with Gasteiger partial charge in [0.2, 0.25) is 5.91 Å². The van der Waals surface area contributed by atoms with Crippen molar-refractivity contribution in [1.29, 1.82) is 0 Å². The highest BCUT2D eigenvalue weighted by atomic mass is 16.3. The fourth-order valence-electron chi connectivity index (χ4n) is 3.04. The zero-order chi connectivity index (χ0) is 16.4. The summed E-state index contributed by atoms with van der Waals surface area (Å²) in [7, 11) is 1.98. The van der Waals surface area contributed by atoms with Crippen molar-refractivity contribution in [1.82, 2.24) is 10.2 Å². The summed E-state index contributed by atoms with van der Waals surface area (Å²) in [5.41, 5.74) is 2.05. The Hall–Kier alpha value is -2.34. The Morgan fingerprint density at radius 2 is 2.09 bits per heavy atom. The van der Waals surface area contributed by atoms with Crippen molar-refractivity contribution in [3.8, 4) is 0 Å². The maximum absolute atomic E-state index is 11.9. The Morgan fingerprint density at radius 3 is 2.83 bits per heavy atom. The molecule has 23 heavy (non-hydrogen) atoms. The van der Waals surface area contributed by atoms with E-state index < -0.39 is 0 Å². The Balaban J connectivity index is 1.78. The highest BCUT2D eigenvalue weighted by Gasteiger charge is 2.28. The highest BCUT2D eigenvalue weighted by Crippen LogP contribution is 2.25. The normalized spacial score (nSPS) is 16.7. The molecule has 0 bridgehead atoms. The molecule has 122 valence electrons. The van der Waals surface area contributed by atoms with Crippen LogP contribution in [0.15, 0.2) is 28.7 Å². The Kier molecular flexibility index (Phi) is 4.34. The van der Waals surface area contributed by atoms with Crippen LogP contribution in [-0.2, 0) is 17.8 Å². The zero-order valence-electron chi connectivity index (χ0n) is 13.5. The standard InChI is InChI=1S/C17H21N3O3/c1-3-14-13(12-6-4-5-7-15(12)23-14)10-19(2)11-20-16(21)8-9-18-17(20)22/h4-7H,3,8-11H2,1-2H3,(H,18,22)/p+1. The molecule has 1 saturated heterocycles. The van der Waals surface area contributed by atoms with Gasteiger partial charge in [0, 0.05) is 24.8 Å². The summed E-state index contributed by atoms with van der Waals surface area (Å²) in [5.74, 6) is 0.862. The van der Waals surface area contributed by atoms with E-state index in [4.69, 9.17) is 4.42 Å². The molecule has 3 rings (SSSR count). The van der Waals surface area contributed by atoms with E-state index in [9.17, 15) is 9.59 Å². The maximum atomic E-state index is 11.9. The third-order valence-corrected chi connectivity index (χ3v) is 4.17. The van der Waals surface area contributed by atoms with E-state index in [-0.39, 0.29) is 11.9 Å². The molecule has 1 unspecified atom stereocenters. The van der Waals surface area contributed by atoms with E-state index in [0.717, 1.165) is 33.6 Å². The first-order valence-corrected chi connectivity index (χ1v) is 7.99. The average molecular weight is 316 g/mol. The third-order valence-electron chi connectivity index (χ3n) is 4.17. The van der Waals surface area contributed by atoms with Gasteiger partial charge in [-0.15, -0.1) is 0 Å². The SMILES string of the molecule is CCc1oc2ccccc2c1C[NH+](C)CN1C(=O)CCNC1=O. The van der Waals surface area contributed by atoms with Crippen LogP contribution in [0.25, 0.3) is 11.0 Å². The molecule has 6 nitrogen and oxygen atoms in total. The zero-order valence-corrected chi connectivity index (χ0v) is 13.5. The fourth-order valence-corrected chi connectivity index (χ4v) is 3.04. The molecule has 1 aromatic carbocycles. The lowest BCUT2D eigenvalue weighted by atomic mass is 10.1. The van der Waals surface area contributed by atoms with Gasteiger partial charge >= 0.3 is 6.03 Å². The summed E-state index contributed by atoms with van der Waals surface area (Å²) in [5, 5.41) is 3.82. The molecule has 1 fully saturated rings. The Morgan fingerprint density at radius 1 is 1.30 bits per heavy atom. The smallest absolute Gasteiger partial charge is 0.328 e. The molecule has 1 aromatic heterocycles. The van der Waals surface area contributed by atoms with Crippen LogP contribution in [-0.4, -0.2) is 37.1 Å². The van der Waals surface area contributed by atoms with Crippen molar-refractivity contribution in [2.75, 3.05) is 20.3 Å². The van der Waals surface area contributed by atoms with Crippen LogP contribution < -0.4 is 10.2 Å². The van der Waals surface area contributed by atoms with Gasteiger partial charge in [-0.25, -0.2) is 9.69 Å². The number of nitrogens with one attached hydrogen (secondary N) is 2. The van der Waals surface area contributed by atoms with E-state index in [0.29, 0.717) is 26.2 Å². The lowest BCUT2D eigenvalue weighted by Crippen LogP contribution is -3.09. The van der Waals surface area contributed by atoms with Crippen molar-refractivity contribution < 1.29 is 18.9 Å². The molecule has 2 heterocycles. The molecule has 0 radical (unpaired) electrons. The van der Waals surface area contributed by atoms with E-state index in [1.165, 1.54) is 4.90 Å². The molecule has 2 N–H and O–H groups in total. The minimum atomic E-state index is -0.298. The quantitative estimate of drug-likeness (QED) is 0.861. The van der Waals surface area contributed by atoms with Gasteiger partial charge in [0.1, 0.15) is 17.9 Å². The predicted molar refractivity (Wildman–Crippen MR) is 85.9 cm³/mol. The number of carbonyl (C=O) groups excluding carboxylic acids is 2. The number of hydrogen-bond donors (Lipinski definition) is 2. The number of hydrogen-bond acceptors (Lipinski definition) is 3. The van der Waals surface area contributed by atoms with Gasteiger partial charge < -0.3 is 14.6 Å². The fraction of sp³-hybridized carbons (Fsp3) is 0.412. The van der Waals surface area contributed by atoms with Gasteiger partial charge in [-0.05, 0) is 6.07 Å². The lowest BCUT2D eigenvalue weighted by Gasteiger charge is -2.27. The molecule has 2 aromatic rings. The van der Waals surface area contributed by atoms with Gasteiger partial charge in [-0.1, -0.05) is 25.1 Å². The number of aryl methyl sites for hydroxylation is 1. The summed E-state index contributed by atoms with van der Waals surface area (Å²) < 4.78 is 5.91. The Labute approximate surface area is 135 Å². The molecule has 0 saturated carbocycles. The molecule has 1 aliphatic heterocycles. The summed E-state index contributed by atoms with van der Waals surface area (Å²) in [6.45, 7) is 3.56. The number of rotatable bonds is 5. The van der Waals surface area contributed by atoms with Gasteiger partial charge in [-0.2, -0.15) is 0 Å². The lowest BCUT2D eigenvalue weighted by molar-refractivity contribution is -0.901. The summed E-state index contributed by atoms with van der Waals surface area (Å²) in [6.07, 6.45) is 1.19. The van der Waals surface area contributed by atoms with Crippen LogP contribution in [0.2, 0.25) is 0 Å². The monoisotopic (exact) mass is 316 g/mol. The second kappa shape index (κ2) is 6.42. The number of urea groups is 1. The molecule has 0 aliphatic carbocycles. The van der Waals surface area contributed by atoms with E-state index >= 15 is 0 Å². The molecule has 3 amide bonds. The predicted octanol–water partition coefficient (Wildman–Crippen LogP) is 0.909. The van der Waals surface area contributed by atoms with Gasteiger partial charge in [-0.3, -0.25) is 4.79 Å². The third kappa shape index (κ3) is 3.07. The van der Waals surface area contributed by atoms with Crippen LogP contribution >= 0.6 is 0 Å². The van der Waals surface area contributed by atoms with E-state index in [2.05, 4.69) is 18.3 Å². The summed E-state index contributed by atoms with van der Waals surface area (Å²) >= 11 is 0. The Bertz CT molecular complexity index is 722. The topological polar surface area (TPSA) is 67.0 Å². The number of benzene rings is 1. The first-order chi connectivity index (χ1) is 11.1. The second-order valence-corrected chi connectivity index (χ2v) is 5.95. The number of imide groups is 1. The minimum Gasteiger partial charge on any atom is -0.461 e. The van der Waals surface area contributed by atoms with Gasteiger partial charge in [0.05, 0.1) is 12.6 Å². The number of furan rings is 1. The van der Waals surface area contributed by atoms with Crippen LogP contribution in [0.5, 0.6) is 0 Å². The first-order valence-electron chi connectivity index (χ1n) is 7.99. The number of fused-ring (bicyclic) bond motifs is 1. The van der Waals surface area contributed by atoms with Gasteiger partial charge in [0.15, 0.2) is 6.67 Å². The number of para-hydroxylation sites is 1. The molecular formula is C17H22N3O3+. The molecule has 0 spiro atoms. The van der Waals surface area contributed by atoms with Crippen molar-refractivity contribution in [3.05, 3.63) is 35.6 Å². The number of carbonyl (C=O) groups is 2. The van der Waals surface area contributed by atoms with E-state index in [1.807, 2.05) is 25.2 Å². The van der Waals surface area contributed by atoms with Crippen LogP contribution in [0.1, 0.15) is 24.7 Å².